The van der Waals surface area contributed by atoms with Gasteiger partial charge in [-0.05, 0) is 37.3 Å². The van der Waals surface area contributed by atoms with Gasteiger partial charge in [0.05, 0.1) is 5.69 Å². The summed E-state index contributed by atoms with van der Waals surface area (Å²) < 4.78 is 29.0. The van der Waals surface area contributed by atoms with Gasteiger partial charge in [-0.3, -0.25) is 4.72 Å². The molecule has 1 aliphatic heterocycles. The highest BCUT2D eigenvalue weighted by atomic mass is 32.2. The molecule has 116 valence electrons. The van der Waals surface area contributed by atoms with Gasteiger partial charge in [-0.1, -0.05) is 31.3 Å². The van der Waals surface area contributed by atoms with E-state index in [-0.39, 0.29) is 4.99 Å². The summed E-state index contributed by atoms with van der Waals surface area (Å²) in [6, 6.07) is 5.28. The number of aryl methyl sites for hydroxylation is 1. The molecule has 0 radical (unpaired) electrons. The van der Waals surface area contributed by atoms with Gasteiger partial charge < -0.3 is 5.73 Å². The minimum absolute atomic E-state index is 0.252. The first kappa shape index (κ1) is 16.2. The highest BCUT2D eigenvalue weighted by Gasteiger charge is 2.26. The minimum Gasteiger partial charge on any atom is -0.389 e. The van der Waals surface area contributed by atoms with Crippen molar-refractivity contribution in [2.24, 2.45) is 11.7 Å². The zero-order chi connectivity index (χ0) is 15.6. The summed E-state index contributed by atoms with van der Waals surface area (Å²) in [5.74, 6) is 0.580. The molecule has 0 atom stereocenters. The standard InChI is InChI=1S/C14H21N3O2S2/c1-10-5-7-17(8-6-10)21(18,19)16-13-9-12(14(15)20)4-3-11(13)2/h3-4,9-10,16H,5-8H2,1-2H3,(H2,15,20). The smallest absolute Gasteiger partial charge is 0.301 e. The molecule has 3 N–H and O–H groups in total. The maximum Gasteiger partial charge on any atom is 0.301 e. The van der Waals surface area contributed by atoms with Crippen molar-refractivity contribution < 1.29 is 8.42 Å². The number of nitrogens with zero attached hydrogens (tertiary/aromatic N) is 1. The van der Waals surface area contributed by atoms with Gasteiger partial charge in [-0.2, -0.15) is 12.7 Å². The number of nitrogens with one attached hydrogen (secondary N) is 1. The van der Waals surface area contributed by atoms with Crippen LogP contribution in [-0.4, -0.2) is 30.8 Å². The third-order valence-corrected chi connectivity index (χ3v) is 5.60. The predicted octanol–water partition coefficient (Wildman–Crippen LogP) is 2.02. The van der Waals surface area contributed by atoms with E-state index >= 15 is 0 Å². The predicted molar refractivity (Wildman–Crippen MR) is 89.6 cm³/mol. The summed E-state index contributed by atoms with van der Waals surface area (Å²) >= 11 is 4.93. The van der Waals surface area contributed by atoms with E-state index in [1.165, 1.54) is 4.31 Å². The highest BCUT2D eigenvalue weighted by Crippen LogP contribution is 2.23. The number of piperidine rings is 1. The van der Waals surface area contributed by atoms with E-state index in [4.69, 9.17) is 18.0 Å². The normalized spacial score (nSPS) is 17.6. The molecule has 5 nitrogen and oxygen atoms in total. The third-order valence-electron chi connectivity index (χ3n) is 3.84. The van der Waals surface area contributed by atoms with Gasteiger partial charge in [-0.25, -0.2) is 0 Å². The fourth-order valence-corrected chi connectivity index (χ4v) is 3.76. The molecule has 1 saturated heterocycles. The number of hydrogen-bond donors (Lipinski definition) is 2. The summed E-state index contributed by atoms with van der Waals surface area (Å²) in [4.78, 5) is 0.252. The van der Waals surface area contributed by atoms with Crippen LogP contribution in [0.1, 0.15) is 30.9 Å². The molecule has 21 heavy (non-hydrogen) atoms. The molecule has 1 aromatic carbocycles. The zero-order valence-corrected chi connectivity index (χ0v) is 13.9. The topological polar surface area (TPSA) is 75.4 Å². The van der Waals surface area contributed by atoms with Crippen molar-refractivity contribution in [3.05, 3.63) is 29.3 Å². The molecule has 7 heteroatoms. The Balaban J connectivity index is 2.20. The van der Waals surface area contributed by atoms with Crippen LogP contribution in [0.2, 0.25) is 0 Å². The summed E-state index contributed by atoms with van der Waals surface area (Å²) in [5.41, 5.74) is 7.62. The quantitative estimate of drug-likeness (QED) is 0.830. The van der Waals surface area contributed by atoms with Crippen molar-refractivity contribution in [2.75, 3.05) is 17.8 Å². The van der Waals surface area contributed by atoms with Crippen molar-refractivity contribution in [3.63, 3.8) is 0 Å². The fraction of sp³-hybridized carbons (Fsp3) is 0.500. The Morgan fingerprint density at radius 2 is 2.00 bits per heavy atom. The summed E-state index contributed by atoms with van der Waals surface area (Å²) in [6.45, 7) is 5.11. The number of benzene rings is 1. The lowest BCUT2D eigenvalue weighted by Gasteiger charge is -2.29. The lowest BCUT2D eigenvalue weighted by atomic mass is 10.0. The van der Waals surface area contributed by atoms with Gasteiger partial charge >= 0.3 is 10.2 Å². The van der Waals surface area contributed by atoms with Gasteiger partial charge in [0.25, 0.3) is 0 Å². The number of nitrogens with two attached hydrogens (primary N) is 1. The number of thiocarbonyl (C=S) groups is 1. The molecule has 1 fully saturated rings. The van der Waals surface area contributed by atoms with Crippen LogP contribution in [0.25, 0.3) is 0 Å². The fourth-order valence-electron chi connectivity index (χ4n) is 2.31. The molecule has 1 aromatic rings. The Morgan fingerprint density at radius 3 is 2.57 bits per heavy atom. The van der Waals surface area contributed by atoms with Gasteiger partial charge in [0.2, 0.25) is 0 Å². The Morgan fingerprint density at radius 1 is 1.38 bits per heavy atom. The van der Waals surface area contributed by atoms with Crippen LogP contribution < -0.4 is 10.5 Å². The molecular weight excluding hydrogens is 306 g/mol. The minimum atomic E-state index is -3.53. The largest absolute Gasteiger partial charge is 0.389 e. The third kappa shape index (κ3) is 3.93. The second-order valence-corrected chi connectivity index (χ2v) is 7.69. The van der Waals surface area contributed by atoms with E-state index in [1.807, 2.05) is 13.0 Å². The number of anilines is 1. The van der Waals surface area contributed by atoms with E-state index < -0.39 is 10.2 Å². The van der Waals surface area contributed by atoms with Crippen LogP contribution in [0.15, 0.2) is 18.2 Å². The first-order valence-electron chi connectivity index (χ1n) is 6.98. The van der Waals surface area contributed by atoms with E-state index in [9.17, 15) is 8.42 Å². The van der Waals surface area contributed by atoms with E-state index in [1.54, 1.807) is 12.1 Å². The Labute approximate surface area is 131 Å². The first-order chi connectivity index (χ1) is 9.79. The molecular formula is C14H21N3O2S2. The first-order valence-corrected chi connectivity index (χ1v) is 8.83. The molecule has 0 spiro atoms. The van der Waals surface area contributed by atoms with E-state index in [0.717, 1.165) is 18.4 Å². The van der Waals surface area contributed by atoms with Crippen molar-refractivity contribution >= 4 is 33.1 Å². The lowest BCUT2D eigenvalue weighted by molar-refractivity contribution is 0.289. The molecule has 2 rings (SSSR count). The highest BCUT2D eigenvalue weighted by molar-refractivity contribution is 7.90. The number of hydrogen-bond acceptors (Lipinski definition) is 3. The SMILES string of the molecule is Cc1ccc(C(N)=S)cc1NS(=O)(=O)N1CCC(C)CC1. The average Bonchev–Trinajstić information content (AvgIpc) is 2.41. The Kier molecular flexibility index (Phi) is 4.85. The average molecular weight is 327 g/mol. The van der Waals surface area contributed by atoms with Crippen LogP contribution in [0.4, 0.5) is 5.69 Å². The maximum atomic E-state index is 12.4. The van der Waals surface area contributed by atoms with Crippen LogP contribution in [0.5, 0.6) is 0 Å². The molecule has 0 bridgehead atoms. The molecule has 0 aromatic heterocycles. The molecule has 0 aliphatic carbocycles. The molecule has 0 amide bonds. The van der Waals surface area contributed by atoms with Crippen molar-refractivity contribution in [3.8, 4) is 0 Å². The summed E-state index contributed by atoms with van der Waals surface area (Å²) in [5, 5.41) is 0. The molecule has 1 aliphatic rings. The van der Waals surface area contributed by atoms with Gasteiger partial charge in [0.1, 0.15) is 4.99 Å². The van der Waals surface area contributed by atoms with Crippen LogP contribution in [-0.2, 0) is 10.2 Å². The Hall–Kier alpha value is -1.18. The Bertz CT molecular complexity index is 636. The second-order valence-electron chi connectivity index (χ2n) is 5.58. The molecule has 0 saturated carbocycles. The summed E-state index contributed by atoms with van der Waals surface area (Å²) in [6.07, 6.45) is 1.79. The van der Waals surface area contributed by atoms with Crippen LogP contribution in [0, 0.1) is 12.8 Å². The van der Waals surface area contributed by atoms with E-state index in [0.29, 0.717) is 30.3 Å². The van der Waals surface area contributed by atoms with Crippen molar-refractivity contribution in [1.82, 2.24) is 4.31 Å². The number of rotatable bonds is 4. The van der Waals surface area contributed by atoms with Gasteiger partial charge in [0, 0.05) is 18.7 Å². The van der Waals surface area contributed by atoms with Crippen LogP contribution in [0.3, 0.4) is 0 Å². The van der Waals surface area contributed by atoms with Gasteiger partial charge in [0.15, 0.2) is 0 Å². The van der Waals surface area contributed by atoms with E-state index in [2.05, 4.69) is 11.6 Å². The van der Waals surface area contributed by atoms with Gasteiger partial charge in [-0.15, -0.1) is 0 Å². The van der Waals surface area contributed by atoms with Crippen LogP contribution >= 0.6 is 12.2 Å². The monoisotopic (exact) mass is 327 g/mol. The molecule has 1 heterocycles. The van der Waals surface area contributed by atoms with Crippen molar-refractivity contribution in [1.29, 1.82) is 0 Å². The lowest BCUT2D eigenvalue weighted by Crippen LogP contribution is -2.41. The van der Waals surface area contributed by atoms with Crippen molar-refractivity contribution in [2.45, 2.75) is 26.7 Å². The zero-order valence-electron chi connectivity index (χ0n) is 12.3. The summed E-state index contributed by atoms with van der Waals surface area (Å²) in [7, 11) is -3.53. The molecule has 0 unspecified atom stereocenters. The second kappa shape index (κ2) is 6.29. The maximum absolute atomic E-state index is 12.4.